The normalized spacial score (nSPS) is 10.3. The first kappa shape index (κ1) is 17.1. The summed E-state index contributed by atoms with van der Waals surface area (Å²) in [6.45, 7) is 3.03. The number of hydrogen-bond acceptors (Lipinski definition) is 4. The number of hydrogen-bond donors (Lipinski definition) is 0. The maximum Gasteiger partial charge on any atom is 0.274 e. The first-order chi connectivity index (χ1) is 11.1. The maximum atomic E-state index is 10.8. The van der Waals surface area contributed by atoms with E-state index in [0.717, 1.165) is 5.75 Å². The molecule has 5 nitrogen and oxygen atoms in total. The smallest absolute Gasteiger partial charge is 0.274 e. The van der Waals surface area contributed by atoms with Gasteiger partial charge in [0, 0.05) is 18.1 Å². The summed E-state index contributed by atoms with van der Waals surface area (Å²) in [5.74, 6) is 1.47. The predicted octanol–water partition coefficient (Wildman–Crippen LogP) is 4.49. The van der Waals surface area contributed by atoms with Crippen LogP contribution in [0.25, 0.3) is 0 Å². The zero-order valence-corrected chi connectivity index (χ0v) is 13.6. The first-order valence-corrected chi connectivity index (χ1v) is 7.79. The number of alkyl halides is 1. The van der Waals surface area contributed by atoms with Gasteiger partial charge in [-0.25, -0.2) is 0 Å². The standard InChI is InChI=1S/C17H18ClNO4/c1-13-3-5-15(6-4-13)22-9-2-10-23-16-7-8-17(19(20)21)14(11-16)12-18/h3-8,11H,2,9-10,12H2,1H3. The molecule has 23 heavy (non-hydrogen) atoms. The number of nitrogens with zero attached hydrogens (tertiary/aromatic N) is 1. The van der Waals surface area contributed by atoms with E-state index in [9.17, 15) is 10.1 Å². The van der Waals surface area contributed by atoms with Crippen molar-refractivity contribution in [1.29, 1.82) is 0 Å². The minimum absolute atomic E-state index is 0.00931. The molecule has 0 saturated heterocycles. The van der Waals surface area contributed by atoms with Gasteiger partial charge in [0.2, 0.25) is 0 Å². The van der Waals surface area contributed by atoms with Crippen molar-refractivity contribution in [1.82, 2.24) is 0 Å². The van der Waals surface area contributed by atoms with E-state index in [0.29, 0.717) is 30.9 Å². The molecular formula is C17H18ClNO4. The van der Waals surface area contributed by atoms with Crippen LogP contribution in [0.15, 0.2) is 42.5 Å². The second-order valence-electron chi connectivity index (χ2n) is 5.04. The average molecular weight is 336 g/mol. The van der Waals surface area contributed by atoms with E-state index in [2.05, 4.69) is 0 Å². The molecule has 0 heterocycles. The Kier molecular flexibility index (Phi) is 6.23. The van der Waals surface area contributed by atoms with Crippen molar-refractivity contribution >= 4 is 17.3 Å². The van der Waals surface area contributed by atoms with Gasteiger partial charge in [-0.2, -0.15) is 0 Å². The summed E-state index contributed by atoms with van der Waals surface area (Å²) in [5.41, 5.74) is 1.65. The van der Waals surface area contributed by atoms with Crippen LogP contribution in [0.4, 0.5) is 5.69 Å². The van der Waals surface area contributed by atoms with Gasteiger partial charge < -0.3 is 9.47 Å². The molecule has 0 N–H and O–H groups in total. The molecule has 6 heteroatoms. The van der Waals surface area contributed by atoms with Crippen molar-refractivity contribution < 1.29 is 14.4 Å². The SMILES string of the molecule is Cc1ccc(OCCCOc2ccc([N+](=O)[O-])c(CCl)c2)cc1. The topological polar surface area (TPSA) is 61.6 Å². The summed E-state index contributed by atoms with van der Waals surface area (Å²) in [6, 6.07) is 12.4. The lowest BCUT2D eigenvalue weighted by atomic mass is 10.2. The number of aryl methyl sites for hydroxylation is 1. The fourth-order valence-electron chi connectivity index (χ4n) is 2.01. The fourth-order valence-corrected chi connectivity index (χ4v) is 2.22. The number of halogens is 1. The van der Waals surface area contributed by atoms with Crippen LogP contribution in [0.2, 0.25) is 0 Å². The lowest BCUT2D eigenvalue weighted by molar-refractivity contribution is -0.385. The molecule has 0 unspecified atom stereocenters. The average Bonchev–Trinajstić information content (AvgIpc) is 2.55. The molecule has 0 fully saturated rings. The van der Waals surface area contributed by atoms with Gasteiger partial charge in [-0.1, -0.05) is 17.7 Å². The van der Waals surface area contributed by atoms with E-state index in [4.69, 9.17) is 21.1 Å². The zero-order chi connectivity index (χ0) is 16.7. The third-order valence-corrected chi connectivity index (χ3v) is 3.53. The fraction of sp³-hybridized carbons (Fsp3) is 0.294. The van der Waals surface area contributed by atoms with E-state index in [-0.39, 0.29) is 11.6 Å². The van der Waals surface area contributed by atoms with Crippen LogP contribution >= 0.6 is 11.6 Å². The zero-order valence-electron chi connectivity index (χ0n) is 12.8. The summed E-state index contributed by atoms with van der Waals surface area (Å²) >= 11 is 5.73. The molecule has 0 aliphatic carbocycles. The molecule has 0 aromatic heterocycles. The summed E-state index contributed by atoms with van der Waals surface area (Å²) in [7, 11) is 0. The highest BCUT2D eigenvalue weighted by molar-refractivity contribution is 6.17. The summed E-state index contributed by atoms with van der Waals surface area (Å²) in [4.78, 5) is 10.4. The van der Waals surface area contributed by atoms with E-state index in [1.807, 2.05) is 31.2 Å². The summed E-state index contributed by atoms with van der Waals surface area (Å²) in [5, 5.41) is 10.8. The third-order valence-electron chi connectivity index (χ3n) is 3.24. The van der Waals surface area contributed by atoms with Crippen molar-refractivity contribution in [2.45, 2.75) is 19.2 Å². The molecular weight excluding hydrogens is 318 g/mol. The molecule has 0 amide bonds. The van der Waals surface area contributed by atoms with E-state index >= 15 is 0 Å². The third kappa shape index (κ3) is 5.14. The highest BCUT2D eigenvalue weighted by Gasteiger charge is 2.13. The molecule has 0 atom stereocenters. The number of ether oxygens (including phenoxy) is 2. The van der Waals surface area contributed by atoms with E-state index < -0.39 is 4.92 Å². The molecule has 2 rings (SSSR count). The van der Waals surface area contributed by atoms with Crippen LogP contribution in [0.5, 0.6) is 11.5 Å². The number of benzene rings is 2. The van der Waals surface area contributed by atoms with E-state index in [1.54, 1.807) is 12.1 Å². The summed E-state index contributed by atoms with van der Waals surface area (Å²) in [6.07, 6.45) is 0.709. The van der Waals surface area contributed by atoms with Gasteiger partial charge in [-0.05, 0) is 31.2 Å². The van der Waals surface area contributed by atoms with Crippen LogP contribution in [0.3, 0.4) is 0 Å². The van der Waals surface area contributed by atoms with E-state index in [1.165, 1.54) is 11.6 Å². The van der Waals surface area contributed by atoms with Crippen LogP contribution in [0.1, 0.15) is 17.5 Å². The second kappa shape index (κ2) is 8.39. The Labute approximate surface area is 139 Å². The Morgan fingerprint density at radius 2 is 1.65 bits per heavy atom. The molecule has 0 radical (unpaired) electrons. The molecule has 0 spiro atoms. The highest BCUT2D eigenvalue weighted by Crippen LogP contribution is 2.25. The van der Waals surface area contributed by atoms with Crippen molar-refractivity contribution in [2.75, 3.05) is 13.2 Å². The molecule has 2 aromatic carbocycles. The van der Waals surface area contributed by atoms with Crippen LogP contribution in [-0.2, 0) is 5.88 Å². The van der Waals surface area contributed by atoms with Crippen LogP contribution in [-0.4, -0.2) is 18.1 Å². The van der Waals surface area contributed by atoms with Gasteiger partial charge in [0.1, 0.15) is 11.5 Å². The largest absolute Gasteiger partial charge is 0.493 e. The van der Waals surface area contributed by atoms with Gasteiger partial charge in [0.15, 0.2) is 0 Å². The predicted molar refractivity (Wildman–Crippen MR) is 89.4 cm³/mol. The van der Waals surface area contributed by atoms with Crippen molar-refractivity contribution in [3.63, 3.8) is 0 Å². The molecule has 0 aliphatic heterocycles. The van der Waals surface area contributed by atoms with Gasteiger partial charge in [-0.3, -0.25) is 10.1 Å². The van der Waals surface area contributed by atoms with Crippen LogP contribution < -0.4 is 9.47 Å². The minimum Gasteiger partial charge on any atom is -0.493 e. The maximum absolute atomic E-state index is 10.8. The lowest BCUT2D eigenvalue weighted by Crippen LogP contribution is -2.05. The van der Waals surface area contributed by atoms with Gasteiger partial charge >= 0.3 is 0 Å². The van der Waals surface area contributed by atoms with Gasteiger partial charge in [0.25, 0.3) is 5.69 Å². The Bertz CT molecular complexity index is 658. The Balaban J connectivity index is 1.78. The molecule has 0 saturated carbocycles. The van der Waals surface area contributed by atoms with Crippen molar-refractivity contribution in [3.05, 3.63) is 63.7 Å². The molecule has 2 aromatic rings. The minimum atomic E-state index is -0.448. The molecule has 0 aliphatic rings. The lowest BCUT2D eigenvalue weighted by Gasteiger charge is -2.09. The van der Waals surface area contributed by atoms with Gasteiger partial charge in [0.05, 0.1) is 24.0 Å². The first-order valence-electron chi connectivity index (χ1n) is 7.25. The monoisotopic (exact) mass is 335 g/mol. The number of nitro benzene ring substituents is 1. The summed E-state index contributed by atoms with van der Waals surface area (Å²) < 4.78 is 11.2. The number of rotatable bonds is 8. The Morgan fingerprint density at radius 3 is 2.26 bits per heavy atom. The second-order valence-corrected chi connectivity index (χ2v) is 5.31. The van der Waals surface area contributed by atoms with Crippen molar-refractivity contribution in [2.24, 2.45) is 0 Å². The molecule has 122 valence electrons. The molecule has 0 bridgehead atoms. The number of nitro groups is 1. The quantitative estimate of drug-likeness (QED) is 0.308. The highest BCUT2D eigenvalue weighted by atomic mass is 35.5. The Morgan fingerprint density at radius 1 is 1.04 bits per heavy atom. The Hall–Kier alpha value is -2.27. The van der Waals surface area contributed by atoms with Crippen LogP contribution in [0, 0.1) is 17.0 Å². The van der Waals surface area contributed by atoms with Gasteiger partial charge in [-0.15, -0.1) is 11.6 Å². The van der Waals surface area contributed by atoms with Crippen molar-refractivity contribution in [3.8, 4) is 11.5 Å².